The number of allylic oxidation sites excluding steroid dienone is 2. The number of ketones is 2. The highest BCUT2D eigenvalue weighted by atomic mass is 16.1. The second kappa shape index (κ2) is 11.1. The maximum absolute atomic E-state index is 13.0. The lowest BCUT2D eigenvalue weighted by molar-refractivity contribution is -0.123. The molecule has 2 fully saturated rings. The zero-order valence-corrected chi connectivity index (χ0v) is 22.8. The Hall–Kier alpha value is -1.74. The second-order valence-corrected chi connectivity index (χ2v) is 12.8. The van der Waals surface area contributed by atoms with E-state index in [9.17, 15) is 9.59 Å². The summed E-state index contributed by atoms with van der Waals surface area (Å²) in [5, 5.41) is 0. The third-order valence-electron chi connectivity index (χ3n) is 9.38. The number of piperidine rings is 1. The molecule has 1 aromatic carbocycles. The van der Waals surface area contributed by atoms with Gasteiger partial charge in [-0.05, 0) is 66.9 Å². The normalized spacial score (nSPS) is 26.9. The molecule has 192 valence electrons. The Labute approximate surface area is 213 Å². The van der Waals surface area contributed by atoms with Crippen LogP contribution in [0.25, 0.3) is 5.57 Å². The molecular formula is C32H47NO2. The van der Waals surface area contributed by atoms with Gasteiger partial charge < -0.3 is 0 Å². The van der Waals surface area contributed by atoms with Crippen LogP contribution in [0.5, 0.6) is 0 Å². The van der Waals surface area contributed by atoms with Gasteiger partial charge in [0.2, 0.25) is 0 Å². The topological polar surface area (TPSA) is 37.4 Å². The maximum Gasteiger partial charge on any atom is 0.163 e. The summed E-state index contributed by atoms with van der Waals surface area (Å²) >= 11 is 0. The van der Waals surface area contributed by atoms with Crippen LogP contribution in [0.1, 0.15) is 116 Å². The van der Waals surface area contributed by atoms with Gasteiger partial charge in [-0.25, -0.2) is 0 Å². The van der Waals surface area contributed by atoms with E-state index in [1.165, 1.54) is 43.2 Å². The summed E-state index contributed by atoms with van der Waals surface area (Å²) in [7, 11) is 0. The van der Waals surface area contributed by atoms with Gasteiger partial charge in [0.1, 0.15) is 5.78 Å². The first-order valence-electron chi connectivity index (χ1n) is 14.3. The van der Waals surface area contributed by atoms with E-state index >= 15 is 0 Å². The third-order valence-corrected chi connectivity index (χ3v) is 9.38. The summed E-state index contributed by atoms with van der Waals surface area (Å²) in [5.41, 5.74) is 3.65. The zero-order chi connectivity index (χ0) is 25.2. The van der Waals surface area contributed by atoms with Gasteiger partial charge in [0.15, 0.2) is 5.78 Å². The Morgan fingerprint density at radius 2 is 1.74 bits per heavy atom. The number of rotatable bonds is 11. The predicted molar refractivity (Wildman–Crippen MR) is 145 cm³/mol. The Morgan fingerprint density at radius 3 is 2.40 bits per heavy atom. The van der Waals surface area contributed by atoms with E-state index in [4.69, 9.17) is 0 Å². The minimum atomic E-state index is 0.193. The van der Waals surface area contributed by atoms with Gasteiger partial charge in [0, 0.05) is 36.4 Å². The number of hydrogen-bond donors (Lipinski definition) is 0. The van der Waals surface area contributed by atoms with Gasteiger partial charge in [0.25, 0.3) is 0 Å². The van der Waals surface area contributed by atoms with Crippen LogP contribution < -0.4 is 0 Å². The van der Waals surface area contributed by atoms with E-state index in [0.717, 1.165) is 30.8 Å². The van der Waals surface area contributed by atoms with Crippen LogP contribution in [-0.4, -0.2) is 35.1 Å². The van der Waals surface area contributed by atoms with Crippen molar-refractivity contribution in [2.75, 3.05) is 6.54 Å². The molecule has 2 aliphatic heterocycles. The number of fused-ring (bicyclic) bond motifs is 3. The van der Waals surface area contributed by atoms with E-state index in [2.05, 4.69) is 69.9 Å². The van der Waals surface area contributed by atoms with Crippen molar-refractivity contribution in [2.24, 2.45) is 17.3 Å². The molecule has 0 N–H and O–H groups in total. The molecule has 0 spiro atoms. The lowest BCUT2D eigenvalue weighted by atomic mass is 9.79. The van der Waals surface area contributed by atoms with Crippen LogP contribution in [0.2, 0.25) is 0 Å². The Bertz CT molecular complexity index is 925. The molecule has 0 amide bonds. The van der Waals surface area contributed by atoms with Gasteiger partial charge in [-0.3, -0.25) is 14.5 Å². The van der Waals surface area contributed by atoms with Gasteiger partial charge in [-0.2, -0.15) is 0 Å². The molecule has 0 radical (unpaired) electrons. The lowest BCUT2D eigenvalue weighted by Gasteiger charge is -2.39. The first-order chi connectivity index (χ1) is 16.7. The van der Waals surface area contributed by atoms with Gasteiger partial charge in [-0.15, -0.1) is 0 Å². The first kappa shape index (κ1) is 26.3. The quantitative estimate of drug-likeness (QED) is 0.308. The summed E-state index contributed by atoms with van der Waals surface area (Å²) in [6.07, 6.45) is 13.0. The number of hydrogen-bond acceptors (Lipinski definition) is 3. The van der Waals surface area contributed by atoms with Crippen molar-refractivity contribution in [1.29, 1.82) is 0 Å². The second-order valence-electron chi connectivity index (χ2n) is 12.8. The van der Waals surface area contributed by atoms with Crippen LogP contribution in [0.15, 0.2) is 30.3 Å². The summed E-state index contributed by atoms with van der Waals surface area (Å²) in [6, 6.07) is 9.63. The number of benzene rings is 1. The Morgan fingerprint density at radius 1 is 1.06 bits per heavy atom. The number of carbonyl (C=O) groups excluding carboxylic acids is 2. The minimum Gasteiger partial charge on any atom is -0.298 e. The highest BCUT2D eigenvalue weighted by molar-refractivity contribution is 6.22. The lowest BCUT2D eigenvalue weighted by Crippen LogP contribution is -2.45. The van der Waals surface area contributed by atoms with Crippen LogP contribution in [0.3, 0.4) is 0 Å². The van der Waals surface area contributed by atoms with Gasteiger partial charge in [0.05, 0.1) is 6.54 Å². The monoisotopic (exact) mass is 477 g/mol. The van der Waals surface area contributed by atoms with Crippen molar-refractivity contribution in [2.45, 2.75) is 117 Å². The van der Waals surface area contributed by atoms with Crippen molar-refractivity contribution >= 4 is 17.1 Å². The van der Waals surface area contributed by atoms with Crippen molar-refractivity contribution in [1.82, 2.24) is 4.90 Å². The van der Waals surface area contributed by atoms with E-state index in [-0.39, 0.29) is 5.41 Å². The fourth-order valence-electron chi connectivity index (χ4n) is 6.68. The van der Waals surface area contributed by atoms with Crippen LogP contribution in [0, 0.1) is 17.3 Å². The fourth-order valence-corrected chi connectivity index (χ4v) is 6.68. The SMILES string of the molecule is CCC1C=C(C(=O)CCCC[C@@H]2C[C@H]3CC[C@@H](C2)N3CC(=O)C[C@@H](C)C(C)(C)C)c2ccccc21. The Balaban J connectivity index is 1.20. The number of carbonyl (C=O) groups is 2. The number of unbranched alkanes of at least 4 members (excludes halogenated alkanes) is 1. The van der Waals surface area contributed by atoms with E-state index in [1.54, 1.807) is 0 Å². The largest absolute Gasteiger partial charge is 0.298 e. The summed E-state index contributed by atoms with van der Waals surface area (Å²) < 4.78 is 0. The number of Topliss-reactive ketones (excluding diaryl/α,β-unsaturated/α-hetero) is 2. The maximum atomic E-state index is 13.0. The molecule has 3 nitrogen and oxygen atoms in total. The molecule has 2 bridgehead atoms. The molecule has 2 saturated heterocycles. The minimum absolute atomic E-state index is 0.193. The molecule has 0 saturated carbocycles. The smallest absolute Gasteiger partial charge is 0.163 e. The molecule has 2 heterocycles. The Kier molecular flexibility index (Phi) is 8.36. The highest BCUT2D eigenvalue weighted by Crippen LogP contribution is 2.41. The van der Waals surface area contributed by atoms with Crippen molar-refractivity contribution in [3.63, 3.8) is 0 Å². The standard InChI is InChI=1S/C32H47NO2/c1-6-24-20-30(29-13-9-8-12-28(24)29)31(35)14-10-7-11-23-18-25-15-16-26(19-23)33(25)21-27(34)17-22(2)32(3,4)5/h8-9,12-13,20,22-26H,6-7,10-11,14-19,21H2,1-5H3/t22-,23-,24?,25-,26+/m1/s1. The van der Waals surface area contributed by atoms with E-state index < -0.39 is 0 Å². The molecule has 4 rings (SSSR count). The molecule has 1 aromatic rings. The highest BCUT2D eigenvalue weighted by Gasteiger charge is 2.41. The van der Waals surface area contributed by atoms with Crippen molar-refractivity contribution < 1.29 is 9.59 Å². The third kappa shape index (κ3) is 6.16. The van der Waals surface area contributed by atoms with Gasteiger partial charge in [-0.1, -0.05) is 77.8 Å². The molecule has 3 aliphatic rings. The number of nitrogens with zero attached hydrogens (tertiary/aromatic N) is 1. The predicted octanol–water partition coefficient (Wildman–Crippen LogP) is 7.59. The molecule has 3 heteroatoms. The molecule has 35 heavy (non-hydrogen) atoms. The average molecular weight is 478 g/mol. The van der Waals surface area contributed by atoms with Gasteiger partial charge >= 0.3 is 0 Å². The van der Waals surface area contributed by atoms with Crippen LogP contribution in [-0.2, 0) is 9.59 Å². The molecular weight excluding hydrogens is 430 g/mol. The molecule has 1 unspecified atom stereocenters. The first-order valence-corrected chi connectivity index (χ1v) is 14.3. The summed E-state index contributed by atoms with van der Waals surface area (Å²) in [5.74, 6) is 2.34. The molecule has 5 atom stereocenters. The van der Waals surface area contributed by atoms with Crippen LogP contribution >= 0.6 is 0 Å². The van der Waals surface area contributed by atoms with E-state index in [0.29, 0.717) is 54.9 Å². The fraction of sp³-hybridized carbons (Fsp3) is 0.688. The summed E-state index contributed by atoms with van der Waals surface area (Å²) in [6.45, 7) is 11.8. The summed E-state index contributed by atoms with van der Waals surface area (Å²) in [4.78, 5) is 28.4. The van der Waals surface area contributed by atoms with Crippen molar-refractivity contribution in [3.8, 4) is 0 Å². The van der Waals surface area contributed by atoms with Crippen LogP contribution in [0.4, 0.5) is 0 Å². The van der Waals surface area contributed by atoms with E-state index in [1.807, 2.05) is 0 Å². The molecule has 1 aliphatic carbocycles. The van der Waals surface area contributed by atoms with Crippen molar-refractivity contribution in [3.05, 3.63) is 41.5 Å². The molecule has 0 aromatic heterocycles. The zero-order valence-electron chi connectivity index (χ0n) is 22.8. The average Bonchev–Trinajstić information content (AvgIpc) is 3.29.